The van der Waals surface area contributed by atoms with Crippen LogP contribution in [-0.4, -0.2) is 22.4 Å². The zero-order valence-electron chi connectivity index (χ0n) is 11.3. The molecule has 18 heavy (non-hydrogen) atoms. The molecule has 1 fully saturated rings. The Hall–Kier alpha value is -1.52. The van der Waals surface area contributed by atoms with E-state index in [0.717, 1.165) is 24.8 Å². The van der Waals surface area contributed by atoms with E-state index in [0.29, 0.717) is 30.1 Å². The number of nitrogens with two attached hydrogens (primary N) is 1. The molecular weight excluding hydrogens is 230 g/mol. The quantitative estimate of drug-likeness (QED) is 0.814. The Labute approximate surface area is 107 Å². The summed E-state index contributed by atoms with van der Waals surface area (Å²) in [6, 6.07) is 0.374. The van der Waals surface area contributed by atoms with Gasteiger partial charge in [0.05, 0.1) is 12.6 Å². The number of carbonyl (C=O) groups is 1. The van der Waals surface area contributed by atoms with Crippen molar-refractivity contribution in [1.82, 2.24) is 9.78 Å². The van der Waals surface area contributed by atoms with Gasteiger partial charge in [-0.15, -0.1) is 0 Å². The topological polar surface area (TPSA) is 70.1 Å². The Morgan fingerprint density at radius 2 is 2.22 bits per heavy atom. The molecule has 0 bridgehead atoms. The maximum absolute atomic E-state index is 11.9. The fraction of sp³-hybridized carbons (Fsp3) is 0.692. The number of rotatable bonds is 5. The van der Waals surface area contributed by atoms with Gasteiger partial charge in [0.2, 0.25) is 0 Å². The number of anilines is 1. The monoisotopic (exact) mass is 251 g/mol. The molecule has 1 heterocycles. The number of aromatic nitrogens is 2. The van der Waals surface area contributed by atoms with Crippen LogP contribution in [0.5, 0.6) is 0 Å². The van der Waals surface area contributed by atoms with Gasteiger partial charge in [0.1, 0.15) is 5.82 Å². The lowest BCUT2D eigenvalue weighted by Crippen LogP contribution is -2.10. The van der Waals surface area contributed by atoms with Crippen molar-refractivity contribution in [2.45, 2.75) is 46.1 Å². The summed E-state index contributed by atoms with van der Waals surface area (Å²) in [4.78, 5) is 11.9. The second kappa shape index (κ2) is 5.00. The van der Waals surface area contributed by atoms with Crippen LogP contribution in [0.3, 0.4) is 0 Å². The first-order chi connectivity index (χ1) is 8.54. The van der Waals surface area contributed by atoms with E-state index in [1.807, 2.05) is 0 Å². The minimum Gasteiger partial charge on any atom is -0.461 e. The molecular formula is C13H21N3O2. The Morgan fingerprint density at radius 3 is 2.72 bits per heavy atom. The molecule has 0 unspecified atom stereocenters. The summed E-state index contributed by atoms with van der Waals surface area (Å²) in [5.74, 6) is 0.700. The highest BCUT2D eigenvalue weighted by atomic mass is 16.5. The van der Waals surface area contributed by atoms with Crippen LogP contribution in [0.1, 0.15) is 55.7 Å². The van der Waals surface area contributed by atoms with E-state index in [1.165, 1.54) is 0 Å². The zero-order valence-corrected chi connectivity index (χ0v) is 11.3. The molecule has 1 saturated carbocycles. The molecule has 1 aliphatic carbocycles. The highest BCUT2D eigenvalue weighted by Gasteiger charge is 2.31. The molecule has 0 aliphatic heterocycles. The van der Waals surface area contributed by atoms with Gasteiger partial charge >= 0.3 is 5.97 Å². The third kappa shape index (κ3) is 2.49. The predicted octanol–water partition coefficient (Wildman–Crippen LogP) is 2.18. The van der Waals surface area contributed by atoms with E-state index in [9.17, 15) is 4.79 Å². The molecule has 100 valence electrons. The van der Waals surface area contributed by atoms with Crippen LogP contribution in [0, 0.1) is 5.92 Å². The molecule has 1 aliphatic rings. The Bertz CT molecular complexity index is 447. The summed E-state index contributed by atoms with van der Waals surface area (Å²) in [7, 11) is 0. The van der Waals surface area contributed by atoms with Gasteiger partial charge in [0.15, 0.2) is 5.69 Å². The number of ether oxygens (including phenoxy) is 1. The number of nitrogens with zero attached hydrogens (tertiary/aromatic N) is 2. The third-order valence-electron chi connectivity index (χ3n) is 3.02. The first kappa shape index (κ1) is 12.9. The second-order valence-electron chi connectivity index (χ2n) is 5.21. The first-order valence-corrected chi connectivity index (χ1v) is 6.58. The van der Waals surface area contributed by atoms with Gasteiger partial charge in [0, 0.05) is 5.56 Å². The van der Waals surface area contributed by atoms with E-state index >= 15 is 0 Å². The number of nitrogen functional groups attached to an aromatic ring is 1. The molecule has 0 radical (unpaired) electrons. The molecule has 0 spiro atoms. The van der Waals surface area contributed by atoms with Crippen LogP contribution >= 0.6 is 0 Å². The molecule has 2 N–H and O–H groups in total. The van der Waals surface area contributed by atoms with Crippen LogP contribution in [0.2, 0.25) is 0 Å². The van der Waals surface area contributed by atoms with Crippen molar-refractivity contribution >= 4 is 11.8 Å². The molecule has 5 nitrogen and oxygen atoms in total. The average Bonchev–Trinajstić information content (AvgIpc) is 3.07. The van der Waals surface area contributed by atoms with Crippen LogP contribution in [0.15, 0.2) is 0 Å². The van der Waals surface area contributed by atoms with Gasteiger partial charge in [-0.2, -0.15) is 5.10 Å². The lowest BCUT2D eigenvalue weighted by Gasteiger charge is -2.06. The van der Waals surface area contributed by atoms with Crippen molar-refractivity contribution in [1.29, 1.82) is 0 Å². The van der Waals surface area contributed by atoms with Crippen molar-refractivity contribution in [2.75, 3.05) is 12.3 Å². The summed E-state index contributed by atoms with van der Waals surface area (Å²) in [5.41, 5.74) is 7.36. The lowest BCUT2D eigenvalue weighted by atomic mass is 10.0. The van der Waals surface area contributed by atoms with Crippen molar-refractivity contribution in [2.24, 2.45) is 5.92 Å². The minimum atomic E-state index is -0.362. The maximum atomic E-state index is 11.9. The molecule has 0 amide bonds. The van der Waals surface area contributed by atoms with Gasteiger partial charge < -0.3 is 10.5 Å². The summed E-state index contributed by atoms with van der Waals surface area (Å²) in [6.07, 6.45) is 2.94. The third-order valence-corrected chi connectivity index (χ3v) is 3.02. The van der Waals surface area contributed by atoms with Crippen molar-refractivity contribution < 1.29 is 9.53 Å². The van der Waals surface area contributed by atoms with Crippen LogP contribution in [0.4, 0.5) is 5.82 Å². The lowest BCUT2D eigenvalue weighted by molar-refractivity contribution is 0.0517. The van der Waals surface area contributed by atoms with Gasteiger partial charge in [0.25, 0.3) is 0 Å². The first-order valence-electron chi connectivity index (χ1n) is 6.58. The smallest absolute Gasteiger partial charge is 0.359 e. The molecule has 1 aromatic heterocycles. The summed E-state index contributed by atoms with van der Waals surface area (Å²) >= 11 is 0. The highest BCUT2D eigenvalue weighted by Crippen LogP contribution is 2.38. The van der Waals surface area contributed by atoms with E-state index < -0.39 is 0 Å². The SMILES string of the molecule is CCOC(=O)c1nn(C2CC2)c(N)c1CC(C)C. The van der Waals surface area contributed by atoms with E-state index in [2.05, 4.69) is 18.9 Å². The Morgan fingerprint density at radius 1 is 1.56 bits per heavy atom. The second-order valence-corrected chi connectivity index (χ2v) is 5.21. The van der Waals surface area contributed by atoms with Crippen LogP contribution < -0.4 is 5.73 Å². The number of hydrogen-bond donors (Lipinski definition) is 1. The largest absolute Gasteiger partial charge is 0.461 e. The van der Waals surface area contributed by atoms with Crippen LogP contribution in [0.25, 0.3) is 0 Å². The van der Waals surface area contributed by atoms with E-state index in [1.54, 1.807) is 11.6 Å². The van der Waals surface area contributed by atoms with E-state index in [4.69, 9.17) is 10.5 Å². The van der Waals surface area contributed by atoms with Crippen molar-refractivity contribution in [3.63, 3.8) is 0 Å². The van der Waals surface area contributed by atoms with Gasteiger partial charge in [-0.1, -0.05) is 13.8 Å². The number of esters is 1. The van der Waals surface area contributed by atoms with Gasteiger partial charge in [-0.05, 0) is 32.1 Å². The fourth-order valence-electron chi connectivity index (χ4n) is 2.05. The van der Waals surface area contributed by atoms with Crippen molar-refractivity contribution in [3.05, 3.63) is 11.3 Å². The van der Waals surface area contributed by atoms with Gasteiger partial charge in [-0.25, -0.2) is 9.48 Å². The molecule has 0 atom stereocenters. The normalized spacial score (nSPS) is 15.1. The fourth-order valence-corrected chi connectivity index (χ4v) is 2.05. The van der Waals surface area contributed by atoms with Crippen LogP contribution in [-0.2, 0) is 11.2 Å². The Balaban J connectivity index is 2.35. The highest BCUT2D eigenvalue weighted by molar-refractivity contribution is 5.90. The summed E-state index contributed by atoms with van der Waals surface area (Å²) in [5, 5.41) is 4.36. The average molecular weight is 251 g/mol. The van der Waals surface area contributed by atoms with Crippen molar-refractivity contribution in [3.8, 4) is 0 Å². The zero-order chi connectivity index (χ0) is 13.3. The molecule has 0 aromatic carbocycles. The van der Waals surface area contributed by atoms with Gasteiger partial charge in [-0.3, -0.25) is 0 Å². The standard InChI is InChI=1S/C13H21N3O2/c1-4-18-13(17)11-10(7-8(2)3)12(14)16(15-11)9-5-6-9/h8-9H,4-7,14H2,1-3H3. The minimum absolute atomic E-state index is 0.357. The van der Waals surface area contributed by atoms with E-state index in [-0.39, 0.29) is 5.97 Å². The molecule has 1 aromatic rings. The predicted molar refractivity (Wildman–Crippen MR) is 69.4 cm³/mol. The number of carbonyl (C=O) groups excluding carboxylic acids is 1. The Kier molecular flexibility index (Phi) is 3.59. The molecule has 5 heteroatoms. The summed E-state index contributed by atoms with van der Waals surface area (Å²) in [6.45, 7) is 6.35. The molecule has 2 rings (SSSR count). The maximum Gasteiger partial charge on any atom is 0.359 e. The molecule has 0 saturated heterocycles. The summed E-state index contributed by atoms with van der Waals surface area (Å²) < 4.78 is 6.84. The number of hydrogen-bond acceptors (Lipinski definition) is 4.